The number of carbonyl (C=O) groups is 1. The molecule has 1 heterocycles. The van der Waals surface area contributed by atoms with Crippen molar-refractivity contribution in [3.63, 3.8) is 0 Å². The molecule has 122 valence electrons. The summed E-state index contributed by atoms with van der Waals surface area (Å²) in [6.45, 7) is 3.81. The van der Waals surface area contributed by atoms with Crippen LogP contribution in [0.5, 0.6) is 5.75 Å². The molecule has 1 aromatic heterocycles. The number of hydrogen-bond donors (Lipinski definition) is 3. The van der Waals surface area contributed by atoms with Crippen molar-refractivity contribution < 1.29 is 9.53 Å². The third kappa shape index (κ3) is 3.33. The number of nitrogens with one attached hydrogen (secondary N) is 2. The lowest BCUT2D eigenvalue weighted by atomic mass is 10.0. The number of ether oxygens (including phenoxy) is 1. The summed E-state index contributed by atoms with van der Waals surface area (Å²) in [6, 6.07) is 4.90. The van der Waals surface area contributed by atoms with E-state index in [-0.39, 0.29) is 5.56 Å². The molecule has 0 saturated carbocycles. The summed E-state index contributed by atoms with van der Waals surface area (Å²) < 4.78 is 5.07. The molecule has 7 nitrogen and oxygen atoms in total. The van der Waals surface area contributed by atoms with E-state index in [9.17, 15) is 9.59 Å². The number of hydrogen-bond acceptors (Lipinski definition) is 5. The van der Waals surface area contributed by atoms with Crippen LogP contribution in [0.25, 0.3) is 0 Å². The first-order valence-electron chi connectivity index (χ1n) is 7.37. The molecule has 0 unspecified atom stereocenters. The number of anilines is 2. The Morgan fingerprint density at radius 3 is 2.65 bits per heavy atom. The predicted octanol–water partition coefficient (Wildman–Crippen LogP) is 1.74. The average Bonchev–Trinajstić information content (AvgIpc) is 2.54. The largest absolute Gasteiger partial charge is 0.495 e. The number of carbonyl (C=O) groups excluding carboxylic acids is 1. The van der Waals surface area contributed by atoms with Crippen LogP contribution < -0.4 is 21.3 Å². The van der Waals surface area contributed by atoms with Gasteiger partial charge in [-0.25, -0.2) is 5.10 Å². The van der Waals surface area contributed by atoms with Crippen molar-refractivity contribution in [1.29, 1.82) is 0 Å². The average molecular weight is 316 g/mol. The molecule has 0 bridgehead atoms. The summed E-state index contributed by atoms with van der Waals surface area (Å²) in [5.74, 6) is 0.0389. The van der Waals surface area contributed by atoms with Crippen molar-refractivity contribution in [3.05, 3.63) is 45.4 Å². The molecule has 0 aliphatic carbocycles. The highest BCUT2D eigenvalue weighted by Crippen LogP contribution is 2.25. The maximum Gasteiger partial charge on any atom is 0.277 e. The van der Waals surface area contributed by atoms with Crippen LogP contribution in [0.2, 0.25) is 0 Å². The fourth-order valence-corrected chi connectivity index (χ4v) is 2.44. The van der Waals surface area contributed by atoms with Crippen molar-refractivity contribution in [1.82, 2.24) is 10.2 Å². The first-order chi connectivity index (χ1) is 11.0. The summed E-state index contributed by atoms with van der Waals surface area (Å²) in [6.07, 6.45) is 1.18. The van der Waals surface area contributed by atoms with E-state index in [1.165, 1.54) is 7.11 Å². The van der Waals surface area contributed by atoms with Gasteiger partial charge in [-0.3, -0.25) is 9.59 Å². The summed E-state index contributed by atoms with van der Waals surface area (Å²) in [5, 5.41) is 9.07. The number of amides is 1. The van der Waals surface area contributed by atoms with Gasteiger partial charge in [-0.05, 0) is 36.6 Å². The van der Waals surface area contributed by atoms with Gasteiger partial charge in [0.25, 0.3) is 11.5 Å². The van der Waals surface area contributed by atoms with Gasteiger partial charge in [-0.1, -0.05) is 13.8 Å². The number of aryl methyl sites for hydroxylation is 1. The number of nitrogens with two attached hydrogens (primary N) is 1. The van der Waals surface area contributed by atoms with Crippen LogP contribution >= 0.6 is 0 Å². The van der Waals surface area contributed by atoms with Gasteiger partial charge in [0, 0.05) is 5.69 Å². The van der Waals surface area contributed by atoms with Gasteiger partial charge in [0.05, 0.1) is 18.5 Å². The fourth-order valence-electron chi connectivity index (χ4n) is 2.44. The smallest absolute Gasteiger partial charge is 0.277 e. The minimum atomic E-state index is -0.502. The fraction of sp³-hybridized carbons (Fsp3) is 0.312. The Morgan fingerprint density at radius 2 is 2.09 bits per heavy atom. The van der Waals surface area contributed by atoms with Gasteiger partial charge in [-0.15, -0.1) is 0 Å². The topological polar surface area (TPSA) is 110 Å². The normalized spacial score (nSPS) is 10.4. The van der Waals surface area contributed by atoms with Gasteiger partial charge < -0.3 is 15.8 Å². The van der Waals surface area contributed by atoms with Gasteiger partial charge in [0.2, 0.25) is 0 Å². The van der Waals surface area contributed by atoms with E-state index in [1.54, 1.807) is 18.2 Å². The van der Waals surface area contributed by atoms with E-state index in [2.05, 4.69) is 15.5 Å². The number of H-pyrrole nitrogens is 1. The van der Waals surface area contributed by atoms with E-state index in [4.69, 9.17) is 10.5 Å². The van der Waals surface area contributed by atoms with Crippen molar-refractivity contribution in [2.75, 3.05) is 18.2 Å². The van der Waals surface area contributed by atoms with Crippen LogP contribution in [0.1, 0.15) is 35.5 Å². The van der Waals surface area contributed by atoms with Crippen molar-refractivity contribution in [3.8, 4) is 5.75 Å². The SMILES string of the molecule is CCc1n[nH]c(=O)c(C(=O)Nc2ccc(OC)c(N)c2)c1CC. The number of rotatable bonds is 5. The molecule has 0 fully saturated rings. The molecule has 23 heavy (non-hydrogen) atoms. The second-order valence-corrected chi connectivity index (χ2v) is 4.97. The molecule has 2 aromatic rings. The number of methoxy groups -OCH3 is 1. The Morgan fingerprint density at radius 1 is 1.35 bits per heavy atom. The standard InChI is InChI=1S/C16H20N4O3/c1-4-10-12(5-2)19-20-16(22)14(10)15(21)18-9-6-7-13(23-3)11(17)8-9/h6-8H,4-5,17H2,1-3H3,(H,18,21)(H,20,22). The third-order valence-electron chi connectivity index (χ3n) is 3.57. The highest BCUT2D eigenvalue weighted by atomic mass is 16.5. The molecule has 0 aliphatic rings. The van der Waals surface area contributed by atoms with Gasteiger partial charge >= 0.3 is 0 Å². The molecular formula is C16H20N4O3. The zero-order valence-corrected chi connectivity index (χ0v) is 13.4. The number of nitrogen functional groups attached to an aromatic ring is 1. The second-order valence-electron chi connectivity index (χ2n) is 4.97. The lowest BCUT2D eigenvalue weighted by molar-refractivity contribution is 0.102. The first kappa shape index (κ1) is 16.5. The van der Waals surface area contributed by atoms with Crippen LogP contribution in [0.3, 0.4) is 0 Å². The highest BCUT2D eigenvalue weighted by molar-refractivity contribution is 6.05. The third-order valence-corrected chi connectivity index (χ3v) is 3.57. The van der Waals surface area contributed by atoms with Crippen LogP contribution in [0.15, 0.2) is 23.0 Å². The molecule has 0 saturated heterocycles. The van der Waals surface area contributed by atoms with Gasteiger partial charge in [-0.2, -0.15) is 5.10 Å². The molecule has 4 N–H and O–H groups in total. The number of nitrogens with zero attached hydrogens (tertiary/aromatic N) is 1. The minimum absolute atomic E-state index is 0.0914. The van der Waals surface area contributed by atoms with E-state index in [1.807, 2.05) is 13.8 Å². The zero-order valence-electron chi connectivity index (χ0n) is 13.4. The number of benzene rings is 1. The monoisotopic (exact) mass is 316 g/mol. The lowest BCUT2D eigenvalue weighted by Gasteiger charge is -2.12. The number of aromatic amines is 1. The van der Waals surface area contributed by atoms with E-state index < -0.39 is 11.5 Å². The summed E-state index contributed by atoms with van der Waals surface area (Å²) in [5.41, 5.74) is 7.68. The van der Waals surface area contributed by atoms with Crippen molar-refractivity contribution in [2.45, 2.75) is 26.7 Å². The maximum atomic E-state index is 12.5. The second kappa shape index (κ2) is 6.95. The Hall–Kier alpha value is -2.83. The number of aromatic nitrogens is 2. The molecular weight excluding hydrogens is 296 g/mol. The van der Waals surface area contributed by atoms with Crippen LogP contribution in [-0.2, 0) is 12.8 Å². The van der Waals surface area contributed by atoms with Crippen LogP contribution in [0.4, 0.5) is 11.4 Å². The first-order valence-corrected chi connectivity index (χ1v) is 7.37. The zero-order chi connectivity index (χ0) is 17.0. The maximum absolute atomic E-state index is 12.5. The van der Waals surface area contributed by atoms with Crippen molar-refractivity contribution >= 4 is 17.3 Å². The highest BCUT2D eigenvalue weighted by Gasteiger charge is 2.19. The summed E-state index contributed by atoms with van der Waals surface area (Å²) >= 11 is 0. The van der Waals surface area contributed by atoms with Gasteiger partial charge in [0.15, 0.2) is 0 Å². The Balaban J connectivity index is 2.38. The van der Waals surface area contributed by atoms with Crippen molar-refractivity contribution in [2.24, 2.45) is 0 Å². The quantitative estimate of drug-likeness (QED) is 0.728. The predicted molar refractivity (Wildman–Crippen MR) is 89.0 cm³/mol. The summed E-state index contributed by atoms with van der Waals surface area (Å²) in [4.78, 5) is 24.6. The van der Waals surface area contributed by atoms with E-state index in [0.29, 0.717) is 41.2 Å². The molecule has 0 radical (unpaired) electrons. The van der Waals surface area contributed by atoms with E-state index >= 15 is 0 Å². The molecule has 7 heteroatoms. The minimum Gasteiger partial charge on any atom is -0.495 e. The molecule has 2 rings (SSSR count). The Labute approximate surface area is 133 Å². The molecule has 0 spiro atoms. The molecule has 0 atom stereocenters. The molecule has 1 amide bonds. The molecule has 1 aromatic carbocycles. The van der Waals surface area contributed by atoms with Crippen LogP contribution in [0, 0.1) is 0 Å². The lowest BCUT2D eigenvalue weighted by Crippen LogP contribution is -2.27. The van der Waals surface area contributed by atoms with Gasteiger partial charge in [0.1, 0.15) is 11.3 Å². The van der Waals surface area contributed by atoms with Crippen LogP contribution in [-0.4, -0.2) is 23.2 Å². The van der Waals surface area contributed by atoms with E-state index in [0.717, 1.165) is 0 Å². The molecule has 0 aliphatic heterocycles. The Bertz CT molecular complexity index is 783. The Kier molecular flexibility index (Phi) is 5.00. The summed E-state index contributed by atoms with van der Waals surface area (Å²) in [7, 11) is 1.51.